The monoisotopic (exact) mass is 141 g/mol. The van der Waals surface area contributed by atoms with Gasteiger partial charge in [0.1, 0.15) is 0 Å². The lowest BCUT2D eigenvalue weighted by Crippen LogP contribution is -2.28. The topological polar surface area (TPSA) is 32.6 Å². The van der Waals surface area contributed by atoms with Crippen molar-refractivity contribution in [3.63, 3.8) is 0 Å². The molecule has 1 N–H and O–H groups in total. The van der Waals surface area contributed by atoms with Gasteiger partial charge in [-0.1, -0.05) is 6.42 Å². The minimum absolute atomic E-state index is 0.701. The molecular formula is C8H15NO. The van der Waals surface area contributed by atoms with E-state index in [2.05, 4.69) is 4.99 Å². The van der Waals surface area contributed by atoms with Gasteiger partial charge in [-0.05, 0) is 38.8 Å². The lowest BCUT2D eigenvalue weighted by Gasteiger charge is -2.27. The molecule has 0 aromatic rings. The second-order valence-electron chi connectivity index (χ2n) is 2.93. The minimum atomic E-state index is -0.701. The Bertz CT molecular complexity index is 125. The third-order valence-corrected chi connectivity index (χ3v) is 2.02. The van der Waals surface area contributed by atoms with Gasteiger partial charge in [0, 0.05) is 0 Å². The maximum Gasteiger partial charge on any atom is 0.155 e. The van der Waals surface area contributed by atoms with Crippen LogP contribution in [-0.2, 0) is 0 Å². The standard InChI is InChI=1S/C8H15NO/c1-2-9-8(10)6-4-3-5-7-8/h2,10H,3-7H2,1H3. The van der Waals surface area contributed by atoms with Crippen LogP contribution in [-0.4, -0.2) is 17.0 Å². The summed E-state index contributed by atoms with van der Waals surface area (Å²) in [5.74, 6) is 0. The number of rotatable bonds is 1. The predicted octanol–water partition coefficient (Wildman–Crippen LogP) is 1.73. The Morgan fingerprint density at radius 2 is 1.90 bits per heavy atom. The average molecular weight is 141 g/mol. The molecule has 0 bridgehead atoms. The molecule has 2 nitrogen and oxygen atoms in total. The molecule has 1 aliphatic carbocycles. The number of hydrogen-bond acceptors (Lipinski definition) is 2. The van der Waals surface area contributed by atoms with Crippen molar-refractivity contribution in [1.82, 2.24) is 0 Å². The molecule has 58 valence electrons. The molecule has 0 heterocycles. The first kappa shape index (κ1) is 7.73. The van der Waals surface area contributed by atoms with Crippen LogP contribution in [0, 0.1) is 0 Å². The highest BCUT2D eigenvalue weighted by molar-refractivity contribution is 5.53. The van der Waals surface area contributed by atoms with E-state index in [0.717, 1.165) is 25.7 Å². The maximum atomic E-state index is 9.67. The largest absolute Gasteiger partial charge is 0.369 e. The molecule has 0 saturated heterocycles. The molecule has 0 aromatic heterocycles. The Morgan fingerprint density at radius 3 is 2.40 bits per heavy atom. The normalized spacial score (nSPS) is 25.4. The van der Waals surface area contributed by atoms with E-state index in [-0.39, 0.29) is 0 Å². The van der Waals surface area contributed by atoms with Crippen molar-refractivity contribution < 1.29 is 5.11 Å². The molecule has 2 heteroatoms. The quantitative estimate of drug-likeness (QED) is 0.554. The Kier molecular flexibility index (Phi) is 2.44. The molecule has 0 atom stereocenters. The molecule has 1 rings (SSSR count). The van der Waals surface area contributed by atoms with Crippen LogP contribution in [0.25, 0.3) is 0 Å². The summed E-state index contributed by atoms with van der Waals surface area (Å²) in [5.41, 5.74) is -0.701. The summed E-state index contributed by atoms with van der Waals surface area (Å²) in [7, 11) is 0. The van der Waals surface area contributed by atoms with E-state index in [1.165, 1.54) is 6.42 Å². The first-order valence-electron chi connectivity index (χ1n) is 3.99. The van der Waals surface area contributed by atoms with Crippen molar-refractivity contribution in [1.29, 1.82) is 0 Å². The number of nitrogens with zero attached hydrogens (tertiary/aromatic N) is 1. The molecule has 0 aromatic carbocycles. The van der Waals surface area contributed by atoms with Crippen LogP contribution in [0.3, 0.4) is 0 Å². The van der Waals surface area contributed by atoms with Gasteiger partial charge in [0.2, 0.25) is 0 Å². The first-order chi connectivity index (χ1) is 4.77. The van der Waals surface area contributed by atoms with Crippen molar-refractivity contribution in [2.75, 3.05) is 0 Å². The summed E-state index contributed by atoms with van der Waals surface area (Å²) < 4.78 is 0. The smallest absolute Gasteiger partial charge is 0.155 e. The SMILES string of the molecule is CC=NC1(O)CCCCC1. The van der Waals surface area contributed by atoms with Crippen molar-refractivity contribution in [3.8, 4) is 0 Å². The van der Waals surface area contributed by atoms with Gasteiger partial charge in [0.05, 0.1) is 0 Å². The van der Waals surface area contributed by atoms with Gasteiger partial charge in [0.15, 0.2) is 5.72 Å². The summed E-state index contributed by atoms with van der Waals surface area (Å²) in [6.07, 6.45) is 6.88. The third kappa shape index (κ3) is 1.81. The lowest BCUT2D eigenvalue weighted by atomic mass is 9.92. The molecule has 0 unspecified atom stereocenters. The molecule has 10 heavy (non-hydrogen) atoms. The highest BCUT2D eigenvalue weighted by Crippen LogP contribution is 2.28. The summed E-state index contributed by atoms with van der Waals surface area (Å²) in [6, 6.07) is 0. The average Bonchev–Trinajstić information content (AvgIpc) is 1.89. The fourth-order valence-electron chi connectivity index (χ4n) is 1.49. The summed E-state index contributed by atoms with van der Waals surface area (Å²) in [6.45, 7) is 1.85. The number of hydrogen-bond donors (Lipinski definition) is 1. The zero-order valence-electron chi connectivity index (χ0n) is 6.51. The molecule has 0 radical (unpaired) electrons. The second-order valence-corrected chi connectivity index (χ2v) is 2.93. The fourth-order valence-corrected chi connectivity index (χ4v) is 1.49. The molecule has 1 saturated carbocycles. The second kappa shape index (κ2) is 3.15. The van der Waals surface area contributed by atoms with E-state index in [1.807, 2.05) is 6.92 Å². The van der Waals surface area contributed by atoms with E-state index in [1.54, 1.807) is 6.21 Å². The maximum absolute atomic E-state index is 9.67. The van der Waals surface area contributed by atoms with Gasteiger partial charge in [-0.15, -0.1) is 0 Å². The molecule has 0 amide bonds. The van der Waals surface area contributed by atoms with Crippen LogP contribution in [0.15, 0.2) is 4.99 Å². The van der Waals surface area contributed by atoms with Crippen LogP contribution < -0.4 is 0 Å². The van der Waals surface area contributed by atoms with Gasteiger partial charge < -0.3 is 5.11 Å². The van der Waals surface area contributed by atoms with Crippen LogP contribution in [0.5, 0.6) is 0 Å². The van der Waals surface area contributed by atoms with Crippen LogP contribution >= 0.6 is 0 Å². The van der Waals surface area contributed by atoms with Gasteiger partial charge >= 0.3 is 0 Å². The van der Waals surface area contributed by atoms with Crippen molar-refractivity contribution >= 4 is 6.21 Å². The van der Waals surface area contributed by atoms with Crippen molar-refractivity contribution in [2.45, 2.75) is 44.8 Å². The summed E-state index contributed by atoms with van der Waals surface area (Å²) in [5, 5.41) is 9.67. The Morgan fingerprint density at radius 1 is 1.30 bits per heavy atom. The summed E-state index contributed by atoms with van der Waals surface area (Å²) in [4.78, 5) is 4.05. The van der Waals surface area contributed by atoms with Gasteiger partial charge in [-0.2, -0.15) is 0 Å². The highest BCUT2D eigenvalue weighted by Gasteiger charge is 2.26. The number of aliphatic imine (C=N–C) groups is 1. The molecule has 0 aliphatic heterocycles. The Balaban J connectivity index is 2.48. The lowest BCUT2D eigenvalue weighted by molar-refractivity contribution is 0.0134. The van der Waals surface area contributed by atoms with Gasteiger partial charge in [-0.3, -0.25) is 4.99 Å². The first-order valence-corrected chi connectivity index (χ1v) is 3.99. The predicted molar refractivity (Wildman–Crippen MR) is 42.2 cm³/mol. The van der Waals surface area contributed by atoms with E-state index in [0.29, 0.717) is 0 Å². The Labute approximate surface area is 62.0 Å². The highest BCUT2D eigenvalue weighted by atomic mass is 16.3. The Hall–Kier alpha value is -0.370. The number of aliphatic hydroxyl groups is 1. The van der Waals surface area contributed by atoms with Crippen molar-refractivity contribution in [3.05, 3.63) is 0 Å². The zero-order valence-corrected chi connectivity index (χ0v) is 6.51. The molecular weight excluding hydrogens is 126 g/mol. The van der Waals surface area contributed by atoms with Crippen molar-refractivity contribution in [2.24, 2.45) is 4.99 Å². The molecule has 1 aliphatic rings. The minimum Gasteiger partial charge on any atom is -0.369 e. The third-order valence-electron chi connectivity index (χ3n) is 2.02. The van der Waals surface area contributed by atoms with Crippen LogP contribution in [0.2, 0.25) is 0 Å². The molecule has 0 spiro atoms. The zero-order chi connectivity index (χ0) is 7.45. The van der Waals surface area contributed by atoms with E-state index < -0.39 is 5.72 Å². The van der Waals surface area contributed by atoms with Crippen LogP contribution in [0.1, 0.15) is 39.0 Å². The van der Waals surface area contributed by atoms with E-state index in [9.17, 15) is 5.11 Å². The van der Waals surface area contributed by atoms with E-state index >= 15 is 0 Å². The van der Waals surface area contributed by atoms with Gasteiger partial charge in [-0.25, -0.2) is 0 Å². The molecule has 1 fully saturated rings. The van der Waals surface area contributed by atoms with Gasteiger partial charge in [0.25, 0.3) is 0 Å². The summed E-state index contributed by atoms with van der Waals surface area (Å²) >= 11 is 0. The van der Waals surface area contributed by atoms with Crippen LogP contribution in [0.4, 0.5) is 0 Å². The van der Waals surface area contributed by atoms with E-state index in [4.69, 9.17) is 0 Å². The fraction of sp³-hybridized carbons (Fsp3) is 0.875.